The van der Waals surface area contributed by atoms with Gasteiger partial charge < -0.3 is 5.73 Å². The minimum absolute atomic E-state index is 0.236. The highest BCUT2D eigenvalue weighted by Gasteiger charge is 2.07. The molecule has 3 heteroatoms. The summed E-state index contributed by atoms with van der Waals surface area (Å²) in [5, 5.41) is 0. The molecule has 0 unspecified atom stereocenters. The summed E-state index contributed by atoms with van der Waals surface area (Å²) < 4.78 is 14.0. The number of anilines is 1. The van der Waals surface area contributed by atoms with Crippen LogP contribution in [0, 0.1) is 23.2 Å². The Morgan fingerprint density at radius 2 is 2.00 bits per heavy atom. The van der Waals surface area contributed by atoms with Crippen LogP contribution in [-0.2, 0) is 0 Å². The van der Waals surface area contributed by atoms with Crippen molar-refractivity contribution in [3.8, 4) is 0 Å². The topological polar surface area (TPSA) is 26.0 Å². The summed E-state index contributed by atoms with van der Waals surface area (Å²) in [6.07, 6.45) is 0. The van der Waals surface area contributed by atoms with Crippen LogP contribution >= 0.6 is 22.6 Å². The fourth-order valence-corrected chi connectivity index (χ4v) is 1.36. The molecule has 0 spiro atoms. The number of benzene rings is 1. The van der Waals surface area contributed by atoms with Crippen molar-refractivity contribution in [2.45, 2.75) is 13.8 Å². The molecule has 0 fully saturated rings. The van der Waals surface area contributed by atoms with Gasteiger partial charge in [0.25, 0.3) is 0 Å². The lowest BCUT2D eigenvalue weighted by Gasteiger charge is -2.06. The van der Waals surface area contributed by atoms with Gasteiger partial charge in [-0.3, -0.25) is 0 Å². The molecule has 0 saturated heterocycles. The Hall–Kier alpha value is -0.320. The first kappa shape index (κ1) is 8.77. The minimum atomic E-state index is -0.292. The molecule has 0 aromatic heterocycles. The molecule has 0 aliphatic rings. The van der Waals surface area contributed by atoms with Gasteiger partial charge in [-0.25, -0.2) is 4.39 Å². The molecule has 11 heavy (non-hydrogen) atoms. The standard InChI is InChI=1S/C8H9FIN/c1-4-3-6(11)7(9)5(2)8(4)10/h3H,11H2,1-2H3. The van der Waals surface area contributed by atoms with Gasteiger partial charge in [0.2, 0.25) is 0 Å². The molecule has 0 heterocycles. The van der Waals surface area contributed by atoms with Gasteiger partial charge in [-0.15, -0.1) is 0 Å². The van der Waals surface area contributed by atoms with Crippen LogP contribution in [0.15, 0.2) is 6.07 Å². The van der Waals surface area contributed by atoms with Crippen molar-refractivity contribution in [3.63, 3.8) is 0 Å². The first-order valence-electron chi connectivity index (χ1n) is 3.24. The zero-order chi connectivity index (χ0) is 8.59. The number of aryl methyl sites for hydroxylation is 1. The summed E-state index contributed by atoms with van der Waals surface area (Å²) in [6, 6.07) is 1.66. The Kier molecular flexibility index (Phi) is 2.37. The minimum Gasteiger partial charge on any atom is -0.396 e. The Balaban J connectivity index is 3.46. The SMILES string of the molecule is Cc1cc(N)c(F)c(C)c1I. The summed E-state index contributed by atoms with van der Waals surface area (Å²) in [4.78, 5) is 0. The molecule has 0 aliphatic carbocycles. The maximum atomic E-state index is 13.0. The van der Waals surface area contributed by atoms with E-state index in [1.165, 1.54) is 0 Å². The molecule has 0 atom stereocenters. The molecule has 1 nitrogen and oxygen atoms in total. The van der Waals surface area contributed by atoms with Crippen molar-refractivity contribution >= 4 is 28.3 Å². The quantitative estimate of drug-likeness (QED) is 0.566. The largest absolute Gasteiger partial charge is 0.396 e. The molecule has 0 amide bonds. The smallest absolute Gasteiger partial charge is 0.150 e. The second-order valence-corrected chi connectivity index (χ2v) is 3.61. The molecule has 0 bridgehead atoms. The van der Waals surface area contributed by atoms with E-state index in [1.54, 1.807) is 13.0 Å². The predicted molar refractivity (Wildman–Crippen MR) is 53.0 cm³/mol. The van der Waals surface area contributed by atoms with E-state index in [9.17, 15) is 4.39 Å². The third-order valence-corrected chi connectivity index (χ3v) is 3.29. The number of nitrogen functional groups attached to an aromatic ring is 1. The Labute approximate surface area is 78.9 Å². The van der Waals surface area contributed by atoms with Gasteiger partial charge in [0.15, 0.2) is 0 Å². The summed E-state index contributed by atoms with van der Waals surface area (Å²) >= 11 is 2.12. The van der Waals surface area contributed by atoms with Gasteiger partial charge in [-0.05, 0) is 48.1 Å². The summed E-state index contributed by atoms with van der Waals surface area (Å²) in [5.74, 6) is -0.292. The van der Waals surface area contributed by atoms with Crippen molar-refractivity contribution in [1.82, 2.24) is 0 Å². The molecular formula is C8H9FIN. The molecule has 1 rings (SSSR count). The molecule has 1 aromatic rings. The monoisotopic (exact) mass is 265 g/mol. The Morgan fingerprint density at radius 3 is 2.55 bits per heavy atom. The first-order chi connectivity index (χ1) is 5.04. The number of nitrogens with two attached hydrogens (primary N) is 1. The van der Waals surface area contributed by atoms with Crippen LogP contribution in [0.2, 0.25) is 0 Å². The highest BCUT2D eigenvalue weighted by molar-refractivity contribution is 14.1. The lowest BCUT2D eigenvalue weighted by Crippen LogP contribution is -1.97. The Morgan fingerprint density at radius 1 is 1.45 bits per heavy atom. The molecule has 1 aromatic carbocycles. The number of halogens is 2. The van der Waals surface area contributed by atoms with E-state index in [0.29, 0.717) is 5.56 Å². The van der Waals surface area contributed by atoms with E-state index in [-0.39, 0.29) is 11.5 Å². The average Bonchev–Trinajstić information content (AvgIpc) is 1.97. The van der Waals surface area contributed by atoms with Crippen LogP contribution in [0.25, 0.3) is 0 Å². The van der Waals surface area contributed by atoms with Crippen LogP contribution in [0.4, 0.5) is 10.1 Å². The first-order valence-corrected chi connectivity index (χ1v) is 4.32. The number of rotatable bonds is 0. The third kappa shape index (κ3) is 1.47. The Bertz CT molecular complexity index is 270. The van der Waals surface area contributed by atoms with E-state index in [1.807, 2.05) is 6.92 Å². The number of hydrogen-bond acceptors (Lipinski definition) is 1. The van der Waals surface area contributed by atoms with Crippen LogP contribution in [0.5, 0.6) is 0 Å². The fourth-order valence-electron chi connectivity index (χ4n) is 0.969. The van der Waals surface area contributed by atoms with Gasteiger partial charge in [0, 0.05) is 9.13 Å². The third-order valence-electron chi connectivity index (χ3n) is 1.63. The molecule has 2 N–H and O–H groups in total. The average molecular weight is 265 g/mol. The van der Waals surface area contributed by atoms with Crippen molar-refractivity contribution in [3.05, 3.63) is 26.6 Å². The summed E-state index contributed by atoms with van der Waals surface area (Å²) in [6.45, 7) is 3.66. The van der Waals surface area contributed by atoms with Crippen LogP contribution in [-0.4, -0.2) is 0 Å². The van der Waals surface area contributed by atoms with E-state index < -0.39 is 0 Å². The second kappa shape index (κ2) is 2.97. The van der Waals surface area contributed by atoms with E-state index in [2.05, 4.69) is 22.6 Å². The van der Waals surface area contributed by atoms with Crippen LogP contribution in [0.3, 0.4) is 0 Å². The maximum absolute atomic E-state index is 13.0. The zero-order valence-corrected chi connectivity index (χ0v) is 8.57. The van der Waals surface area contributed by atoms with Gasteiger partial charge in [-0.1, -0.05) is 0 Å². The fraction of sp³-hybridized carbons (Fsp3) is 0.250. The van der Waals surface area contributed by atoms with Crippen molar-refractivity contribution in [2.24, 2.45) is 0 Å². The molecule has 60 valence electrons. The van der Waals surface area contributed by atoms with Crippen LogP contribution in [0.1, 0.15) is 11.1 Å². The maximum Gasteiger partial charge on any atom is 0.150 e. The normalized spacial score (nSPS) is 10.2. The number of hydrogen-bond donors (Lipinski definition) is 1. The van der Waals surface area contributed by atoms with Crippen molar-refractivity contribution < 1.29 is 4.39 Å². The highest BCUT2D eigenvalue weighted by atomic mass is 127. The molecular weight excluding hydrogens is 256 g/mol. The van der Waals surface area contributed by atoms with Gasteiger partial charge in [-0.2, -0.15) is 0 Å². The van der Waals surface area contributed by atoms with Gasteiger partial charge >= 0.3 is 0 Å². The molecule has 0 radical (unpaired) electrons. The zero-order valence-electron chi connectivity index (χ0n) is 6.41. The summed E-state index contributed by atoms with van der Waals surface area (Å²) in [5.41, 5.74) is 7.32. The van der Waals surface area contributed by atoms with Crippen molar-refractivity contribution in [2.75, 3.05) is 5.73 Å². The van der Waals surface area contributed by atoms with Crippen LogP contribution < -0.4 is 5.73 Å². The van der Waals surface area contributed by atoms with E-state index >= 15 is 0 Å². The lowest BCUT2D eigenvalue weighted by atomic mass is 10.1. The second-order valence-electron chi connectivity index (χ2n) is 2.54. The van der Waals surface area contributed by atoms with Crippen molar-refractivity contribution in [1.29, 1.82) is 0 Å². The molecule has 0 saturated carbocycles. The van der Waals surface area contributed by atoms with E-state index in [0.717, 1.165) is 9.13 Å². The van der Waals surface area contributed by atoms with E-state index in [4.69, 9.17) is 5.73 Å². The highest BCUT2D eigenvalue weighted by Crippen LogP contribution is 2.23. The molecule has 0 aliphatic heterocycles. The summed E-state index contributed by atoms with van der Waals surface area (Å²) in [7, 11) is 0. The predicted octanol–water partition coefficient (Wildman–Crippen LogP) is 2.63. The van der Waals surface area contributed by atoms with Gasteiger partial charge in [0.05, 0.1) is 5.69 Å². The lowest BCUT2D eigenvalue weighted by molar-refractivity contribution is 0.621. The van der Waals surface area contributed by atoms with Gasteiger partial charge in [0.1, 0.15) is 5.82 Å².